The van der Waals surface area contributed by atoms with Crippen LogP contribution in [0.4, 0.5) is 24.5 Å². The fraction of sp³-hybridized carbons (Fsp3) is 0.280. The molecular weight excluding hydrogens is 463 g/mol. The van der Waals surface area contributed by atoms with E-state index < -0.39 is 23.4 Å². The number of Topliss-reactive ketones (excluding diaryl/α,β-unsaturated/α-hetero) is 1. The molecule has 1 aliphatic heterocycles. The molecular formula is C25H24F3N3O4. The summed E-state index contributed by atoms with van der Waals surface area (Å²) >= 11 is 0. The monoisotopic (exact) mass is 487 g/mol. The van der Waals surface area contributed by atoms with Crippen molar-refractivity contribution >= 4 is 33.8 Å². The molecule has 0 bridgehead atoms. The number of ether oxygens (including phenoxy) is 2. The van der Waals surface area contributed by atoms with Crippen LogP contribution < -0.4 is 15.8 Å². The number of anilines is 2. The number of carbonyl (C=O) groups is 2. The predicted molar refractivity (Wildman–Crippen MR) is 126 cm³/mol. The van der Waals surface area contributed by atoms with Gasteiger partial charge in [0.25, 0.3) is 11.7 Å². The molecule has 0 aromatic heterocycles. The van der Waals surface area contributed by atoms with Crippen LogP contribution in [0.5, 0.6) is 5.75 Å². The van der Waals surface area contributed by atoms with Crippen molar-refractivity contribution < 1.29 is 32.2 Å². The molecule has 1 amide bonds. The molecule has 7 nitrogen and oxygen atoms in total. The Labute approximate surface area is 199 Å². The largest absolute Gasteiger partial charge is 0.492 e. The lowest BCUT2D eigenvalue weighted by molar-refractivity contribution is -0.137. The van der Waals surface area contributed by atoms with Gasteiger partial charge in [0.15, 0.2) is 0 Å². The number of nitrogens with two attached hydrogens (primary N) is 1. The molecule has 1 saturated heterocycles. The zero-order chi connectivity index (χ0) is 25.0. The first-order chi connectivity index (χ1) is 16.7. The van der Waals surface area contributed by atoms with Crippen LogP contribution in [0.2, 0.25) is 0 Å². The van der Waals surface area contributed by atoms with E-state index in [1.54, 1.807) is 30.3 Å². The van der Waals surface area contributed by atoms with Gasteiger partial charge in [-0.2, -0.15) is 13.2 Å². The summed E-state index contributed by atoms with van der Waals surface area (Å²) in [6.07, 6.45) is -4.65. The van der Waals surface area contributed by atoms with Crippen LogP contribution in [0.15, 0.2) is 54.6 Å². The summed E-state index contributed by atoms with van der Waals surface area (Å²) in [6, 6.07) is 12.7. The van der Waals surface area contributed by atoms with E-state index in [4.69, 9.17) is 15.2 Å². The highest BCUT2D eigenvalue weighted by Gasteiger charge is 2.31. The van der Waals surface area contributed by atoms with Crippen LogP contribution >= 0.6 is 0 Å². The zero-order valence-corrected chi connectivity index (χ0v) is 18.7. The topological polar surface area (TPSA) is 93.9 Å². The number of nitrogen functional groups attached to an aromatic ring is 1. The van der Waals surface area contributed by atoms with Gasteiger partial charge in [0.05, 0.1) is 18.8 Å². The van der Waals surface area contributed by atoms with Gasteiger partial charge >= 0.3 is 6.18 Å². The summed E-state index contributed by atoms with van der Waals surface area (Å²) in [6.45, 7) is 4.22. The van der Waals surface area contributed by atoms with Crippen molar-refractivity contribution in [3.63, 3.8) is 0 Å². The van der Waals surface area contributed by atoms with Crippen LogP contribution in [0.25, 0.3) is 10.8 Å². The fourth-order valence-corrected chi connectivity index (χ4v) is 3.90. The van der Waals surface area contributed by atoms with Crippen molar-refractivity contribution in [3.05, 3.63) is 65.7 Å². The second-order valence-corrected chi connectivity index (χ2v) is 8.08. The van der Waals surface area contributed by atoms with Gasteiger partial charge < -0.3 is 20.5 Å². The number of ketones is 1. The number of nitrogens with zero attached hydrogens (tertiary/aromatic N) is 1. The number of carbonyl (C=O) groups excluding carboxylic acids is 2. The zero-order valence-electron chi connectivity index (χ0n) is 18.7. The van der Waals surface area contributed by atoms with E-state index in [9.17, 15) is 22.8 Å². The Bertz CT molecular complexity index is 1240. The standard InChI is InChI=1S/C25H24F3N3O4/c26-25(27,28)16-13-17(29)15-18(14-16)30-24(33)23(32)21-5-6-22(20-4-2-1-3-19(20)21)35-12-9-31-7-10-34-11-8-31/h1-6,13-15H,7-12,29H2,(H,30,33). The third kappa shape index (κ3) is 5.90. The molecule has 10 heteroatoms. The summed E-state index contributed by atoms with van der Waals surface area (Å²) in [5.41, 5.74) is 4.22. The molecule has 0 spiro atoms. The second kappa shape index (κ2) is 10.3. The van der Waals surface area contributed by atoms with E-state index in [0.29, 0.717) is 36.3 Å². The lowest BCUT2D eigenvalue weighted by atomic mass is 10.00. The Kier molecular flexibility index (Phi) is 7.23. The molecule has 1 fully saturated rings. The van der Waals surface area contributed by atoms with Gasteiger partial charge in [-0.3, -0.25) is 14.5 Å². The quantitative estimate of drug-likeness (QED) is 0.298. The number of amides is 1. The predicted octanol–water partition coefficient (Wildman–Crippen LogP) is 3.97. The first kappa shape index (κ1) is 24.5. The first-order valence-corrected chi connectivity index (χ1v) is 11.0. The maximum Gasteiger partial charge on any atom is 0.416 e. The molecule has 184 valence electrons. The third-order valence-electron chi connectivity index (χ3n) is 5.64. The van der Waals surface area contributed by atoms with Gasteiger partial charge in [-0.15, -0.1) is 0 Å². The van der Waals surface area contributed by atoms with Gasteiger partial charge in [0, 0.05) is 42.0 Å². The number of hydrogen-bond acceptors (Lipinski definition) is 6. The Morgan fingerprint density at radius 3 is 2.46 bits per heavy atom. The number of hydrogen-bond donors (Lipinski definition) is 2. The van der Waals surface area contributed by atoms with E-state index in [2.05, 4.69) is 10.2 Å². The normalized spacial score (nSPS) is 14.6. The van der Waals surface area contributed by atoms with E-state index in [1.165, 1.54) is 6.07 Å². The molecule has 1 heterocycles. The SMILES string of the molecule is Nc1cc(NC(=O)C(=O)c2ccc(OCCN3CCOCC3)c3ccccc23)cc(C(F)(F)F)c1. The number of halogens is 3. The Morgan fingerprint density at radius 2 is 1.74 bits per heavy atom. The average Bonchev–Trinajstić information content (AvgIpc) is 2.83. The van der Waals surface area contributed by atoms with Gasteiger partial charge in [-0.25, -0.2) is 0 Å². The third-order valence-corrected chi connectivity index (χ3v) is 5.64. The molecule has 3 N–H and O–H groups in total. The summed E-state index contributed by atoms with van der Waals surface area (Å²) in [7, 11) is 0. The minimum atomic E-state index is -4.65. The van der Waals surface area contributed by atoms with E-state index in [1.807, 2.05) is 0 Å². The molecule has 4 rings (SSSR count). The van der Waals surface area contributed by atoms with E-state index in [-0.39, 0.29) is 16.9 Å². The molecule has 0 aliphatic carbocycles. The molecule has 0 atom stereocenters. The molecule has 35 heavy (non-hydrogen) atoms. The number of alkyl halides is 3. The number of nitrogens with one attached hydrogen (secondary N) is 1. The number of benzene rings is 3. The van der Waals surface area contributed by atoms with Crippen molar-refractivity contribution in [3.8, 4) is 5.75 Å². The number of morpholine rings is 1. The fourth-order valence-electron chi connectivity index (χ4n) is 3.90. The molecule has 0 saturated carbocycles. The van der Waals surface area contributed by atoms with Crippen LogP contribution in [-0.2, 0) is 15.7 Å². The first-order valence-electron chi connectivity index (χ1n) is 11.0. The average molecular weight is 487 g/mol. The summed E-state index contributed by atoms with van der Waals surface area (Å²) < 4.78 is 50.5. The highest BCUT2D eigenvalue weighted by Crippen LogP contribution is 2.33. The van der Waals surface area contributed by atoms with Crippen LogP contribution in [0.1, 0.15) is 15.9 Å². The van der Waals surface area contributed by atoms with Gasteiger partial charge in [0.2, 0.25) is 0 Å². The van der Waals surface area contributed by atoms with Crippen LogP contribution in [0, 0.1) is 0 Å². The Balaban J connectivity index is 1.51. The molecule has 3 aromatic rings. The van der Waals surface area contributed by atoms with Crippen molar-refractivity contribution in [2.45, 2.75) is 6.18 Å². The highest BCUT2D eigenvalue weighted by molar-refractivity contribution is 6.48. The smallest absolute Gasteiger partial charge is 0.416 e. The lowest BCUT2D eigenvalue weighted by Crippen LogP contribution is -2.38. The van der Waals surface area contributed by atoms with Gasteiger partial charge in [0.1, 0.15) is 12.4 Å². The van der Waals surface area contributed by atoms with Gasteiger partial charge in [-0.1, -0.05) is 24.3 Å². The maximum atomic E-state index is 13.1. The molecule has 1 aliphatic rings. The van der Waals surface area contributed by atoms with E-state index >= 15 is 0 Å². The molecule has 3 aromatic carbocycles. The van der Waals surface area contributed by atoms with Crippen molar-refractivity contribution in [1.29, 1.82) is 0 Å². The van der Waals surface area contributed by atoms with Crippen molar-refractivity contribution in [2.75, 3.05) is 50.5 Å². The van der Waals surface area contributed by atoms with E-state index in [0.717, 1.165) is 37.8 Å². The lowest BCUT2D eigenvalue weighted by Gasteiger charge is -2.26. The Hall–Kier alpha value is -3.63. The summed E-state index contributed by atoms with van der Waals surface area (Å²) in [5, 5.41) is 3.38. The van der Waals surface area contributed by atoms with Crippen molar-refractivity contribution in [2.24, 2.45) is 0 Å². The van der Waals surface area contributed by atoms with Crippen molar-refractivity contribution in [1.82, 2.24) is 4.90 Å². The molecule has 0 unspecified atom stereocenters. The second-order valence-electron chi connectivity index (χ2n) is 8.08. The van der Waals surface area contributed by atoms with Crippen LogP contribution in [-0.4, -0.2) is 56.0 Å². The molecule has 0 radical (unpaired) electrons. The minimum Gasteiger partial charge on any atom is -0.492 e. The maximum absolute atomic E-state index is 13.1. The van der Waals surface area contributed by atoms with Gasteiger partial charge in [-0.05, 0) is 35.7 Å². The Morgan fingerprint density at radius 1 is 1.03 bits per heavy atom. The highest BCUT2D eigenvalue weighted by atomic mass is 19.4. The minimum absolute atomic E-state index is 0.110. The number of fused-ring (bicyclic) bond motifs is 1. The summed E-state index contributed by atoms with van der Waals surface area (Å²) in [4.78, 5) is 27.8. The number of rotatable bonds is 7. The van der Waals surface area contributed by atoms with Crippen LogP contribution in [0.3, 0.4) is 0 Å². The summed E-state index contributed by atoms with van der Waals surface area (Å²) in [5.74, 6) is -1.40.